The molecule has 114 valence electrons. The van der Waals surface area contributed by atoms with E-state index in [-0.39, 0.29) is 0 Å². The van der Waals surface area contributed by atoms with Crippen molar-refractivity contribution in [2.75, 3.05) is 37.7 Å². The third-order valence-corrected chi connectivity index (χ3v) is 3.27. The molecule has 0 aliphatic rings. The van der Waals surface area contributed by atoms with Gasteiger partial charge in [-0.05, 0) is 37.5 Å². The Hall–Kier alpha value is -1.06. The van der Waals surface area contributed by atoms with Crippen molar-refractivity contribution < 1.29 is 4.74 Å². The van der Waals surface area contributed by atoms with Crippen LogP contribution in [-0.2, 0) is 11.3 Å². The number of anilines is 1. The minimum Gasteiger partial charge on any atom is -0.380 e. The van der Waals surface area contributed by atoms with Crippen molar-refractivity contribution in [1.29, 1.82) is 0 Å². The lowest BCUT2D eigenvalue weighted by Crippen LogP contribution is -2.22. The number of rotatable bonds is 10. The molecule has 0 fully saturated rings. The van der Waals surface area contributed by atoms with Crippen LogP contribution in [0.4, 0.5) is 5.69 Å². The first-order valence-electron chi connectivity index (χ1n) is 7.79. The molecule has 1 aromatic carbocycles. The monoisotopic (exact) mass is 278 g/mol. The summed E-state index contributed by atoms with van der Waals surface area (Å²) < 4.78 is 5.54. The quantitative estimate of drug-likeness (QED) is 0.665. The molecule has 0 amide bonds. The highest BCUT2D eigenvalue weighted by molar-refractivity contribution is 5.47. The van der Waals surface area contributed by atoms with Crippen molar-refractivity contribution in [3.63, 3.8) is 0 Å². The third-order valence-electron chi connectivity index (χ3n) is 3.27. The summed E-state index contributed by atoms with van der Waals surface area (Å²) >= 11 is 0. The van der Waals surface area contributed by atoms with Crippen LogP contribution in [0.1, 0.15) is 33.3 Å². The molecular weight excluding hydrogens is 248 g/mol. The molecule has 0 heterocycles. The summed E-state index contributed by atoms with van der Waals surface area (Å²) in [7, 11) is 0. The van der Waals surface area contributed by atoms with Crippen LogP contribution in [0.25, 0.3) is 0 Å². The van der Waals surface area contributed by atoms with Gasteiger partial charge >= 0.3 is 0 Å². The fourth-order valence-corrected chi connectivity index (χ4v) is 2.11. The molecule has 0 unspecified atom stereocenters. The Bertz CT molecular complexity index is 345. The van der Waals surface area contributed by atoms with Crippen molar-refractivity contribution in [2.24, 2.45) is 5.92 Å². The lowest BCUT2D eigenvalue weighted by molar-refractivity contribution is 0.111. The molecule has 0 radical (unpaired) electrons. The maximum Gasteiger partial charge on any atom is 0.0591 e. The van der Waals surface area contributed by atoms with Crippen LogP contribution < -0.4 is 10.2 Å². The lowest BCUT2D eigenvalue weighted by atomic mass is 10.2. The number of hydrogen-bond acceptors (Lipinski definition) is 3. The molecule has 3 nitrogen and oxygen atoms in total. The Morgan fingerprint density at radius 2 is 1.75 bits per heavy atom. The van der Waals surface area contributed by atoms with Gasteiger partial charge in [0.1, 0.15) is 0 Å². The maximum absolute atomic E-state index is 5.54. The van der Waals surface area contributed by atoms with Crippen LogP contribution in [0.5, 0.6) is 0 Å². The topological polar surface area (TPSA) is 24.5 Å². The van der Waals surface area contributed by atoms with Crippen molar-refractivity contribution in [2.45, 2.75) is 34.2 Å². The molecular formula is C17H30N2O. The summed E-state index contributed by atoms with van der Waals surface area (Å²) in [5, 5.41) is 3.41. The number of ether oxygens (including phenoxy) is 1. The molecule has 1 aromatic rings. The van der Waals surface area contributed by atoms with E-state index in [0.29, 0.717) is 5.92 Å². The van der Waals surface area contributed by atoms with E-state index < -0.39 is 0 Å². The Balaban J connectivity index is 2.24. The molecule has 0 bridgehead atoms. The fraction of sp³-hybridized carbons (Fsp3) is 0.647. The minimum atomic E-state index is 0.614. The van der Waals surface area contributed by atoms with Crippen LogP contribution >= 0.6 is 0 Å². The van der Waals surface area contributed by atoms with Gasteiger partial charge in [-0.15, -0.1) is 0 Å². The van der Waals surface area contributed by atoms with E-state index in [4.69, 9.17) is 4.74 Å². The summed E-state index contributed by atoms with van der Waals surface area (Å²) in [5.41, 5.74) is 2.63. The number of benzene rings is 1. The Labute approximate surface area is 124 Å². The second kappa shape index (κ2) is 9.78. The zero-order chi connectivity index (χ0) is 14.8. The second-order valence-corrected chi connectivity index (χ2v) is 5.48. The first-order valence-corrected chi connectivity index (χ1v) is 7.79. The zero-order valence-corrected chi connectivity index (χ0v) is 13.5. The van der Waals surface area contributed by atoms with Crippen molar-refractivity contribution >= 4 is 5.69 Å². The lowest BCUT2D eigenvalue weighted by Gasteiger charge is -2.21. The minimum absolute atomic E-state index is 0.614. The Morgan fingerprint density at radius 3 is 2.30 bits per heavy atom. The van der Waals surface area contributed by atoms with Crippen LogP contribution in [0.15, 0.2) is 24.3 Å². The standard InChI is InChI=1S/C17H30N2O/c1-5-19(6-2)17-9-7-16(8-10-17)13-18-11-12-20-14-15(3)4/h7-10,15,18H,5-6,11-14H2,1-4H3. The molecule has 0 aliphatic heterocycles. The van der Waals surface area contributed by atoms with E-state index in [2.05, 4.69) is 62.2 Å². The van der Waals surface area contributed by atoms with Gasteiger partial charge in [-0.1, -0.05) is 26.0 Å². The summed E-state index contributed by atoms with van der Waals surface area (Å²) in [4.78, 5) is 2.36. The third kappa shape index (κ3) is 6.40. The molecule has 3 heteroatoms. The molecule has 1 N–H and O–H groups in total. The average molecular weight is 278 g/mol. The summed E-state index contributed by atoms with van der Waals surface area (Å²) in [5.74, 6) is 0.614. The van der Waals surface area contributed by atoms with E-state index in [1.54, 1.807) is 0 Å². The van der Waals surface area contributed by atoms with Crippen LogP contribution in [0.3, 0.4) is 0 Å². The normalized spacial score (nSPS) is 11.1. The number of nitrogens with zero attached hydrogens (tertiary/aromatic N) is 1. The highest BCUT2D eigenvalue weighted by Gasteiger charge is 2.01. The second-order valence-electron chi connectivity index (χ2n) is 5.48. The molecule has 0 saturated heterocycles. The van der Waals surface area contributed by atoms with Crippen molar-refractivity contribution in [3.05, 3.63) is 29.8 Å². The first-order chi connectivity index (χ1) is 9.67. The SMILES string of the molecule is CCN(CC)c1ccc(CNCCOCC(C)C)cc1. The van der Waals surface area contributed by atoms with Crippen LogP contribution in [0.2, 0.25) is 0 Å². The van der Waals surface area contributed by atoms with Gasteiger partial charge in [-0.3, -0.25) is 0 Å². The van der Waals surface area contributed by atoms with Gasteiger partial charge in [0, 0.05) is 38.5 Å². The van der Waals surface area contributed by atoms with Gasteiger partial charge < -0.3 is 15.0 Å². The molecule has 0 spiro atoms. The molecule has 1 rings (SSSR count). The van der Waals surface area contributed by atoms with E-state index in [1.165, 1.54) is 11.3 Å². The Morgan fingerprint density at radius 1 is 1.10 bits per heavy atom. The predicted molar refractivity (Wildman–Crippen MR) is 87.4 cm³/mol. The van der Waals surface area contributed by atoms with Gasteiger partial charge in [0.2, 0.25) is 0 Å². The Kier molecular flexibility index (Phi) is 8.31. The summed E-state index contributed by atoms with van der Waals surface area (Å²) in [6.07, 6.45) is 0. The predicted octanol–water partition coefficient (Wildman–Crippen LogP) is 3.30. The van der Waals surface area contributed by atoms with Crippen LogP contribution in [-0.4, -0.2) is 32.8 Å². The fourth-order valence-electron chi connectivity index (χ4n) is 2.11. The molecule has 0 aliphatic carbocycles. The highest BCUT2D eigenvalue weighted by Crippen LogP contribution is 2.14. The van der Waals surface area contributed by atoms with Gasteiger partial charge in [-0.25, -0.2) is 0 Å². The van der Waals surface area contributed by atoms with E-state index in [0.717, 1.165) is 39.4 Å². The molecule has 0 aromatic heterocycles. The largest absolute Gasteiger partial charge is 0.380 e. The van der Waals surface area contributed by atoms with Crippen molar-refractivity contribution in [1.82, 2.24) is 5.32 Å². The highest BCUT2D eigenvalue weighted by atomic mass is 16.5. The van der Waals surface area contributed by atoms with Crippen molar-refractivity contribution in [3.8, 4) is 0 Å². The first kappa shape index (κ1) is 17.0. The number of nitrogens with one attached hydrogen (secondary N) is 1. The van der Waals surface area contributed by atoms with Crippen LogP contribution in [0, 0.1) is 5.92 Å². The van der Waals surface area contributed by atoms with E-state index >= 15 is 0 Å². The molecule has 20 heavy (non-hydrogen) atoms. The average Bonchev–Trinajstić information content (AvgIpc) is 2.45. The van der Waals surface area contributed by atoms with Gasteiger partial charge in [0.15, 0.2) is 0 Å². The molecule has 0 saturated carbocycles. The number of hydrogen-bond donors (Lipinski definition) is 1. The van der Waals surface area contributed by atoms with Gasteiger partial charge in [0.05, 0.1) is 6.61 Å². The van der Waals surface area contributed by atoms with Gasteiger partial charge in [-0.2, -0.15) is 0 Å². The molecule has 0 atom stereocenters. The van der Waals surface area contributed by atoms with E-state index in [1.807, 2.05) is 0 Å². The smallest absolute Gasteiger partial charge is 0.0591 e. The maximum atomic E-state index is 5.54. The van der Waals surface area contributed by atoms with Gasteiger partial charge in [0.25, 0.3) is 0 Å². The zero-order valence-electron chi connectivity index (χ0n) is 13.5. The summed E-state index contributed by atoms with van der Waals surface area (Å²) in [6.45, 7) is 14.3. The summed E-state index contributed by atoms with van der Waals surface area (Å²) in [6, 6.07) is 8.82. The van der Waals surface area contributed by atoms with E-state index in [9.17, 15) is 0 Å².